The number of fused-ring (bicyclic) bond motifs is 3. The van der Waals surface area contributed by atoms with Gasteiger partial charge >= 0.3 is 11.5 Å². The fourth-order valence-electron chi connectivity index (χ4n) is 3.14. The van der Waals surface area contributed by atoms with Crippen LogP contribution in [0.5, 0.6) is 0 Å². The minimum absolute atomic E-state index is 0.895. The van der Waals surface area contributed by atoms with E-state index in [0.717, 1.165) is 23.5 Å². The second kappa shape index (κ2) is 4.56. The van der Waals surface area contributed by atoms with E-state index in [-0.39, 0.29) is 0 Å². The Morgan fingerprint density at radius 2 is 1.67 bits per heavy atom. The van der Waals surface area contributed by atoms with E-state index in [2.05, 4.69) is 68.4 Å². The maximum atomic E-state index is 6.21. The van der Waals surface area contributed by atoms with Gasteiger partial charge < -0.3 is 0 Å². The first-order valence-corrected chi connectivity index (χ1v) is 7.34. The van der Waals surface area contributed by atoms with Crippen LogP contribution in [0.2, 0.25) is 0 Å². The Hall–Kier alpha value is -2.41. The zero-order valence-corrected chi connectivity index (χ0v) is 12.3. The molecule has 1 aromatic heterocycles. The third kappa shape index (κ3) is 1.97. The molecule has 0 atom stereocenters. The average Bonchev–Trinajstić information content (AvgIpc) is 2.86. The number of benzene rings is 2. The molecule has 0 saturated carbocycles. The first kappa shape index (κ1) is 12.3. The Balaban J connectivity index is 1.87. The summed E-state index contributed by atoms with van der Waals surface area (Å²) in [6.45, 7) is 4.28. The maximum Gasteiger partial charge on any atom is 0.360 e. The Morgan fingerprint density at radius 3 is 2.48 bits per heavy atom. The Bertz CT molecular complexity index is 829. The molecule has 0 aliphatic heterocycles. The van der Waals surface area contributed by atoms with Crippen molar-refractivity contribution in [1.29, 1.82) is 0 Å². The van der Waals surface area contributed by atoms with Gasteiger partial charge in [-0.2, -0.15) is 0 Å². The molecule has 0 spiro atoms. The zero-order chi connectivity index (χ0) is 14.4. The highest BCUT2D eigenvalue weighted by Gasteiger charge is 2.31. The molecule has 102 valence electrons. The van der Waals surface area contributed by atoms with Gasteiger partial charge in [0.15, 0.2) is 0 Å². The first-order chi connectivity index (χ1) is 10.2. The SMILES string of the molecule is Cc1ccc(-c2cc(C)c3c([o+]2)Cc2ccccc2-3)cc1. The quantitative estimate of drug-likeness (QED) is 0.422. The van der Waals surface area contributed by atoms with Crippen LogP contribution in [0.25, 0.3) is 22.5 Å². The van der Waals surface area contributed by atoms with Gasteiger partial charge in [-0.25, -0.2) is 4.42 Å². The molecular weight excluding hydrogens is 256 g/mol. The van der Waals surface area contributed by atoms with Gasteiger partial charge in [-0.3, -0.25) is 0 Å². The van der Waals surface area contributed by atoms with Crippen LogP contribution >= 0.6 is 0 Å². The summed E-state index contributed by atoms with van der Waals surface area (Å²) in [7, 11) is 0. The van der Waals surface area contributed by atoms with Gasteiger partial charge in [-0.1, -0.05) is 42.0 Å². The molecule has 0 bridgehead atoms. The average molecular weight is 273 g/mol. The van der Waals surface area contributed by atoms with Crippen LogP contribution in [0.15, 0.2) is 59.0 Å². The number of aryl methyl sites for hydroxylation is 2. The van der Waals surface area contributed by atoms with E-state index in [9.17, 15) is 0 Å². The molecule has 0 radical (unpaired) electrons. The third-order valence-electron chi connectivity index (χ3n) is 4.23. The van der Waals surface area contributed by atoms with Crippen molar-refractivity contribution in [3.63, 3.8) is 0 Å². The predicted octanol–water partition coefficient (Wildman–Crippen LogP) is 5.42. The summed E-state index contributed by atoms with van der Waals surface area (Å²) in [6, 6.07) is 19.2. The highest BCUT2D eigenvalue weighted by molar-refractivity contribution is 5.78. The van der Waals surface area contributed by atoms with Crippen LogP contribution in [0, 0.1) is 13.8 Å². The minimum Gasteiger partial charge on any atom is -0.211 e. The summed E-state index contributed by atoms with van der Waals surface area (Å²) in [5.41, 5.74) is 7.66. The van der Waals surface area contributed by atoms with Gasteiger partial charge in [0, 0.05) is 6.07 Å². The lowest BCUT2D eigenvalue weighted by Crippen LogP contribution is -1.88. The number of hydrogen-bond acceptors (Lipinski definition) is 0. The summed E-state index contributed by atoms with van der Waals surface area (Å²) < 4.78 is 6.21. The fraction of sp³-hybridized carbons (Fsp3) is 0.150. The van der Waals surface area contributed by atoms with Crippen molar-refractivity contribution in [3.05, 3.63) is 77.0 Å². The molecule has 0 fully saturated rings. The van der Waals surface area contributed by atoms with E-state index in [1.54, 1.807) is 0 Å². The van der Waals surface area contributed by atoms with E-state index < -0.39 is 0 Å². The van der Waals surface area contributed by atoms with Crippen LogP contribution in [-0.2, 0) is 6.42 Å². The molecule has 1 aliphatic rings. The van der Waals surface area contributed by atoms with Gasteiger partial charge in [0.2, 0.25) is 0 Å². The van der Waals surface area contributed by atoms with E-state index in [1.807, 2.05) is 0 Å². The lowest BCUT2D eigenvalue weighted by Gasteiger charge is -2.01. The lowest BCUT2D eigenvalue weighted by atomic mass is 10.0. The number of hydrogen-bond donors (Lipinski definition) is 0. The summed E-state index contributed by atoms with van der Waals surface area (Å²) in [4.78, 5) is 0. The van der Waals surface area contributed by atoms with Crippen molar-refractivity contribution in [2.24, 2.45) is 0 Å². The summed E-state index contributed by atoms with van der Waals surface area (Å²) in [5.74, 6) is 2.05. The lowest BCUT2D eigenvalue weighted by molar-refractivity contribution is 0.523. The van der Waals surface area contributed by atoms with Crippen LogP contribution < -0.4 is 0 Å². The predicted molar refractivity (Wildman–Crippen MR) is 86.3 cm³/mol. The van der Waals surface area contributed by atoms with E-state index in [1.165, 1.54) is 27.8 Å². The molecule has 3 aromatic rings. The molecule has 1 aliphatic carbocycles. The van der Waals surface area contributed by atoms with Gasteiger partial charge in [-0.15, -0.1) is 0 Å². The highest BCUT2D eigenvalue weighted by Crippen LogP contribution is 2.40. The third-order valence-corrected chi connectivity index (χ3v) is 4.23. The second-order valence-electron chi connectivity index (χ2n) is 5.79. The molecule has 0 unspecified atom stereocenters. The van der Waals surface area contributed by atoms with Crippen molar-refractivity contribution < 1.29 is 4.42 Å². The van der Waals surface area contributed by atoms with Crippen LogP contribution in [-0.4, -0.2) is 0 Å². The van der Waals surface area contributed by atoms with Gasteiger partial charge in [0.05, 0.1) is 17.5 Å². The topological polar surface area (TPSA) is 11.3 Å². The molecule has 1 heterocycles. The van der Waals surface area contributed by atoms with E-state index in [4.69, 9.17) is 4.42 Å². The largest absolute Gasteiger partial charge is 0.360 e. The Labute approximate surface area is 124 Å². The summed E-state index contributed by atoms with van der Waals surface area (Å²) in [6.07, 6.45) is 0.895. The van der Waals surface area contributed by atoms with Crippen molar-refractivity contribution in [3.8, 4) is 22.5 Å². The van der Waals surface area contributed by atoms with Crippen molar-refractivity contribution in [1.82, 2.24) is 0 Å². The van der Waals surface area contributed by atoms with Gasteiger partial charge in [0.25, 0.3) is 0 Å². The van der Waals surface area contributed by atoms with Gasteiger partial charge in [0.1, 0.15) is 0 Å². The van der Waals surface area contributed by atoms with Crippen molar-refractivity contribution in [2.45, 2.75) is 20.3 Å². The van der Waals surface area contributed by atoms with Crippen LogP contribution in [0.1, 0.15) is 22.5 Å². The second-order valence-corrected chi connectivity index (χ2v) is 5.79. The Kier molecular flexibility index (Phi) is 2.68. The number of rotatable bonds is 1. The van der Waals surface area contributed by atoms with Gasteiger partial charge in [-0.05, 0) is 42.7 Å². The smallest absolute Gasteiger partial charge is 0.211 e. The van der Waals surface area contributed by atoms with Crippen LogP contribution in [0.3, 0.4) is 0 Å². The molecule has 4 rings (SSSR count). The fourth-order valence-corrected chi connectivity index (χ4v) is 3.14. The molecule has 2 aromatic carbocycles. The first-order valence-electron chi connectivity index (χ1n) is 7.34. The van der Waals surface area contributed by atoms with Crippen LogP contribution in [0.4, 0.5) is 0 Å². The highest BCUT2D eigenvalue weighted by atomic mass is 16.3. The summed E-state index contributed by atoms with van der Waals surface area (Å²) >= 11 is 0. The molecule has 1 heteroatoms. The van der Waals surface area contributed by atoms with Crippen molar-refractivity contribution >= 4 is 0 Å². The monoisotopic (exact) mass is 273 g/mol. The molecule has 0 N–H and O–H groups in total. The molecule has 0 amide bonds. The maximum absolute atomic E-state index is 6.21. The Morgan fingerprint density at radius 1 is 0.905 bits per heavy atom. The summed E-state index contributed by atoms with van der Waals surface area (Å²) in [5, 5.41) is 0. The molecular formula is C20H17O+. The molecule has 21 heavy (non-hydrogen) atoms. The van der Waals surface area contributed by atoms with E-state index in [0.29, 0.717) is 0 Å². The molecule has 1 nitrogen and oxygen atoms in total. The zero-order valence-electron chi connectivity index (χ0n) is 12.3. The molecule has 0 saturated heterocycles. The van der Waals surface area contributed by atoms with Crippen molar-refractivity contribution in [2.75, 3.05) is 0 Å². The van der Waals surface area contributed by atoms with E-state index >= 15 is 0 Å². The minimum atomic E-state index is 0.895. The normalized spacial score (nSPS) is 12.1. The standard InChI is InChI=1S/C20H17O/c1-13-7-9-15(10-8-13)18-11-14(2)20-17-6-4-3-5-16(17)12-19(20)21-18/h3-11H,12H2,1-2H3/q+1.